The third-order valence-electron chi connectivity index (χ3n) is 7.45. The van der Waals surface area contributed by atoms with Crippen molar-refractivity contribution in [1.29, 1.82) is 0 Å². The molecule has 1 aromatic rings. The lowest BCUT2D eigenvalue weighted by Crippen LogP contribution is -2.58. The van der Waals surface area contributed by atoms with Crippen LogP contribution < -0.4 is 4.74 Å². The van der Waals surface area contributed by atoms with Gasteiger partial charge in [0.2, 0.25) is 0 Å². The highest BCUT2D eigenvalue weighted by Crippen LogP contribution is 2.49. The van der Waals surface area contributed by atoms with Gasteiger partial charge >= 0.3 is 5.97 Å². The lowest BCUT2D eigenvalue weighted by Gasteiger charge is -2.52. The number of rotatable bonds is 6. The van der Waals surface area contributed by atoms with Gasteiger partial charge in [0.25, 0.3) is 0 Å². The molecule has 0 aromatic heterocycles. The smallest absolute Gasteiger partial charge is 0.313 e. The van der Waals surface area contributed by atoms with Gasteiger partial charge in [0.1, 0.15) is 0 Å². The summed E-state index contributed by atoms with van der Waals surface area (Å²) in [4.78, 5) is 18.1. The number of fused-ring (bicyclic) bond motifs is 1. The van der Waals surface area contributed by atoms with Crippen molar-refractivity contribution in [3.8, 4) is 5.75 Å². The van der Waals surface area contributed by atoms with Crippen LogP contribution in [0.1, 0.15) is 38.2 Å². The Morgan fingerprint density at radius 1 is 1.26 bits per heavy atom. The highest BCUT2D eigenvalue weighted by molar-refractivity contribution is 5.78. The van der Waals surface area contributed by atoms with E-state index in [1.54, 1.807) is 6.07 Å². The van der Waals surface area contributed by atoms with Crippen LogP contribution in [0.3, 0.4) is 0 Å². The summed E-state index contributed by atoms with van der Waals surface area (Å²) in [7, 11) is 1.50. The number of benzene rings is 1. The minimum atomic E-state index is -0.475. The fourth-order valence-corrected chi connectivity index (χ4v) is 5.88. The largest absolute Gasteiger partial charge is 0.493 e. The van der Waals surface area contributed by atoms with Crippen molar-refractivity contribution in [3.05, 3.63) is 29.6 Å². The fraction of sp³-hybridized carbons (Fsp3) is 0.708. The summed E-state index contributed by atoms with van der Waals surface area (Å²) in [5.74, 6) is 0.210. The highest BCUT2D eigenvalue weighted by atomic mass is 19.1. The number of hydrogen-bond donors (Lipinski definition) is 0. The van der Waals surface area contributed by atoms with Gasteiger partial charge in [-0.15, -0.1) is 0 Å². The number of carbonyl (C=O) groups is 1. The van der Waals surface area contributed by atoms with E-state index in [0.29, 0.717) is 37.4 Å². The van der Waals surface area contributed by atoms with Gasteiger partial charge in [-0.05, 0) is 51.1 Å². The maximum Gasteiger partial charge on any atom is 0.313 e. The van der Waals surface area contributed by atoms with E-state index in [9.17, 15) is 9.18 Å². The number of likely N-dealkylation sites (tertiary alicyclic amines) is 1. The number of esters is 1. The number of methoxy groups -OCH3 is 1. The van der Waals surface area contributed by atoms with Gasteiger partial charge in [0, 0.05) is 37.8 Å². The molecule has 4 rings (SSSR count). The molecular weight excluding hydrogens is 399 g/mol. The molecule has 31 heavy (non-hydrogen) atoms. The van der Waals surface area contributed by atoms with Crippen molar-refractivity contribution in [2.75, 3.05) is 53.1 Å². The van der Waals surface area contributed by atoms with Crippen LogP contribution in [0, 0.1) is 17.2 Å². The summed E-state index contributed by atoms with van der Waals surface area (Å²) in [5, 5.41) is 0. The summed E-state index contributed by atoms with van der Waals surface area (Å²) in [6.07, 6.45) is 3.84. The Kier molecular flexibility index (Phi) is 7.14. The van der Waals surface area contributed by atoms with Gasteiger partial charge < -0.3 is 14.2 Å². The van der Waals surface area contributed by atoms with Crippen LogP contribution in [0.2, 0.25) is 0 Å². The van der Waals surface area contributed by atoms with Crippen molar-refractivity contribution >= 4 is 5.97 Å². The van der Waals surface area contributed by atoms with Gasteiger partial charge in [-0.25, -0.2) is 4.39 Å². The summed E-state index contributed by atoms with van der Waals surface area (Å²) < 4.78 is 30.6. The molecule has 2 heterocycles. The maximum absolute atomic E-state index is 14.2. The van der Waals surface area contributed by atoms with Crippen LogP contribution in [0.5, 0.6) is 5.75 Å². The molecule has 2 aliphatic heterocycles. The van der Waals surface area contributed by atoms with E-state index in [1.165, 1.54) is 13.2 Å². The quantitative estimate of drug-likeness (QED) is 0.642. The number of carbonyl (C=O) groups excluding carboxylic acids is 1. The first-order chi connectivity index (χ1) is 15.1. The first-order valence-corrected chi connectivity index (χ1v) is 11.6. The molecule has 0 unspecified atom stereocenters. The molecule has 3 atom stereocenters. The molecule has 6 nitrogen and oxygen atoms in total. The zero-order valence-electron chi connectivity index (χ0n) is 18.8. The van der Waals surface area contributed by atoms with Gasteiger partial charge in [0.15, 0.2) is 11.6 Å². The summed E-state index contributed by atoms with van der Waals surface area (Å²) in [6.45, 7) is 7.96. The average molecular weight is 435 g/mol. The number of hydrogen-bond acceptors (Lipinski definition) is 6. The maximum atomic E-state index is 14.2. The molecule has 3 aliphatic rings. The summed E-state index contributed by atoms with van der Waals surface area (Å²) >= 11 is 0. The van der Waals surface area contributed by atoms with E-state index in [4.69, 9.17) is 14.2 Å². The highest BCUT2D eigenvalue weighted by Gasteiger charge is 2.53. The van der Waals surface area contributed by atoms with Gasteiger partial charge in [-0.2, -0.15) is 0 Å². The van der Waals surface area contributed by atoms with E-state index in [-0.39, 0.29) is 11.8 Å². The zero-order valence-corrected chi connectivity index (χ0v) is 18.8. The second-order valence-corrected chi connectivity index (χ2v) is 9.08. The van der Waals surface area contributed by atoms with E-state index >= 15 is 0 Å². The molecule has 172 valence electrons. The Labute approximate surface area is 184 Å². The van der Waals surface area contributed by atoms with Gasteiger partial charge in [-0.3, -0.25) is 14.6 Å². The number of morpholine rings is 1. The molecule has 0 bridgehead atoms. The van der Waals surface area contributed by atoms with Crippen LogP contribution in [0.25, 0.3) is 0 Å². The van der Waals surface area contributed by atoms with Gasteiger partial charge in [0.05, 0.1) is 32.3 Å². The number of para-hydroxylation sites is 1. The van der Waals surface area contributed by atoms with Crippen molar-refractivity contribution < 1.29 is 23.4 Å². The minimum Gasteiger partial charge on any atom is -0.493 e. The first kappa shape index (κ1) is 22.5. The van der Waals surface area contributed by atoms with Crippen LogP contribution >= 0.6 is 0 Å². The lowest BCUT2D eigenvalue weighted by atomic mass is 9.61. The third-order valence-corrected chi connectivity index (χ3v) is 7.45. The van der Waals surface area contributed by atoms with Crippen LogP contribution in [0.4, 0.5) is 4.39 Å². The van der Waals surface area contributed by atoms with E-state index in [0.717, 1.165) is 64.1 Å². The molecule has 0 N–H and O–H groups in total. The molecule has 1 saturated carbocycles. The summed E-state index contributed by atoms with van der Waals surface area (Å²) in [6, 6.07) is 5.56. The predicted octanol–water partition coefficient (Wildman–Crippen LogP) is 3.09. The lowest BCUT2D eigenvalue weighted by molar-refractivity contribution is -0.170. The Morgan fingerprint density at radius 2 is 2.06 bits per heavy atom. The Morgan fingerprint density at radius 3 is 2.81 bits per heavy atom. The molecule has 0 radical (unpaired) electrons. The molecule has 0 amide bonds. The van der Waals surface area contributed by atoms with Crippen molar-refractivity contribution in [1.82, 2.24) is 9.80 Å². The predicted molar refractivity (Wildman–Crippen MR) is 115 cm³/mol. The fourth-order valence-electron chi connectivity index (χ4n) is 5.88. The minimum absolute atomic E-state index is 0.0589. The Bertz CT molecular complexity index is 770. The number of nitrogens with zero attached hydrogens (tertiary/aromatic N) is 2. The van der Waals surface area contributed by atoms with E-state index < -0.39 is 5.41 Å². The normalized spacial score (nSPS) is 29.9. The Balaban J connectivity index is 1.51. The monoisotopic (exact) mass is 434 g/mol. The van der Waals surface area contributed by atoms with Crippen molar-refractivity contribution in [2.24, 2.45) is 11.3 Å². The Hall–Kier alpha value is -1.70. The second-order valence-electron chi connectivity index (χ2n) is 9.08. The molecular formula is C24H35FN2O4. The SMILES string of the molecule is CCOC(=O)[C@@]12CC[C@@H](N3CCOCC3)C[C@H]1CCN(Cc1cccc(F)c1OC)C2. The number of halogens is 1. The molecule has 2 saturated heterocycles. The number of ether oxygens (including phenoxy) is 3. The molecule has 1 aromatic carbocycles. The molecule has 1 aliphatic carbocycles. The molecule has 0 spiro atoms. The molecule has 3 fully saturated rings. The van der Waals surface area contributed by atoms with Crippen molar-refractivity contribution in [3.63, 3.8) is 0 Å². The number of piperidine rings is 1. The van der Waals surface area contributed by atoms with E-state index in [1.807, 2.05) is 13.0 Å². The van der Waals surface area contributed by atoms with Crippen molar-refractivity contribution in [2.45, 2.75) is 45.2 Å². The van der Waals surface area contributed by atoms with Gasteiger partial charge in [-0.1, -0.05) is 12.1 Å². The second kappa shape index (κ2) is 9.84. The first-order valence-electron chi connectivity index (χ1n) is 11.6. The third kappa shape index (κ3) is 4.59. The summed E-state index contributed by atoms with van der Waals surface area (Å²) in [5.41, 5.74) is 0.347. The average Bonchev–Trinajstić information content (AvgIpc) is 2.79. The molecule has 7 heteroatoms. The topological polar surface area (TPSA) is 51.2 Å². The van der Waals surface area contributed by atoms with Crippen LogP contribution in [0.15, 0.2) is 18.2 Å². The standard InChI is InChI=1S/C24H35FN2O4/c1-3-31-23(28)24-9-7-20(27-11-13-30-14-12-27)15-19(24)8-10-26(17-24)16-18-5-4-6-21(25)22(18)29-2/h4-6,19-20H,3,7-17H2,1-2H3/t19-,20-,24-/m1/s1. The van der Waals surface area contributed by atoms with Crippen LogP contribution in [-0.2, 0) is 20.8 Å². The zero-order chi connectivity index (χ0) is 21.8. The van der Waals surface area contributed by atoms with E-state index in [2.05, 4.69) is 9.80 Å². The van der Waals surface area contributed by atoms with Crippen LogP contribution in [-0.4, -0.2) is 74.9 Å².